The highest BCUT2D eigenvalue weighted by Crippen LogP contribution is 2.25. The van der Waals surface area contributed by atoms with Gasteiger partial charge in [-0.3, -0.25) is 10.1 Å². The summed E-state index contributed by atoms with van der Waals surface area (Å²) in [5.74, 6) is 0.608. The van der Waals surface area contributed by atoms with Crippen LogP contribution < -0.4 is 5.32 Å². The van der Waals surface area contributed by atoms with E-state index in [-0.39, 0.29) is 10.6 Å². The first kappa shape index (κ1) is 15.4. The molecule has 0 radical (unpaired) electrons. The molecular formula is C14H23N3O2. The zero-order valence-corrected chi connectivity index (χ0v) is 12.1. The Hall–Kier alpha value is -1.62. The fraction of sp³-hybridized carbons (Fsp3) is 0.571. The lowest BCUT2D eigenvalue weighted by Crippen LogP contribution is -2.22. The first-order valence-electron chi connectivity index (χ1n) is 6.63. The first-order valence-corrected chi connectivity index (χ1v) is 6.63. The quantitative estimate of drug-likeness (QED) is 0.608. The molecule has 1 rings (SSSR count). The van der Waals surface area contributed by atoms with Crippen molar-refractivity contribution in [3.05, 3.63) is 33.9 Å². The van der Waals surface area contributed by atoms with Gasteiger partial charge in [-0.15, -0.1) is 0 Å². The monoisotopic (exact) mass is 265 g/mol. The Morgan fingerprint density at radius 2 is 2.11 bits per heavy atom. The summed E-state index contributed by atoms with van der Waals surface area (Å²) in [6.07, 6.45) is 0. The minimum atomic E-state index is -0.348. The van der Waals surface area contributed by atoms with E-state index in [0.717, 1.165) is 18.7 Å². The summed E-state index contributed by atoms with van der Waals surface area (Å²) in [6, 6.07) is 5.28. The highest BCUT2D eigenvalue weighted by molar-refractivity contribution is 5.62. The molecule has 0 heterocycles. The molecule has 0 bridgehead atoms. The van der Waals surface area contributed by atoms with Gasteiger partial charge in [-0.05, 0) is 31.5 Å². The van der Waals surface area contributed by atoms with Gasteiger partial charge in [-0.1, -0.05) is 19.9 Å². The summed E-state index contributed by atoms with van der Waals surface area (Å²) >= 11 is 0. The summed E-state index contributed by atoms with van der Waals surface area (Å²) in [5, 5.41) is 14.0. The fourth-order valence-corrected chi connectivity index (χ4v) is 2.17. The number of nitro benzene ring substituents is 1. The summed E-state index contributed by atoms with van der Waals surface area (Å²) in [4.78, 5) is 12.8. The van der Waals surface area contributed by atoms with Crippen LogP contribution in [0.15, 0.2) is 18.2 Å². The molecule has 0 unspecified atom stereocenters. The number of hydrogen-bond acceptors (Lipinski definition) is 4. The number of nitrogens with zero attached hydrogens (tertiary/aromatic N) is 2. The van der Waals surface area contributed by atoms with Gasteiger partial charge in [0.15, 0.2) is 0 Å². The molecule has 0 amide bonds. The van der Waals surface area contributed by atoms with Crippen LogP contribution in [0.25, 0.3) is 0 Å². The normalized spacial score (nSPS) is 11.1. The van der Waals surface area contributed by atoms with Gasteiger partial charge >= 0.3 is 0 Å². The molecule has 0 aliphatic carbocycles. The van der Waals surface area contributed by atoms with Crippen molar-refractivity contribution in [2.24, 2.45) is 5.92 Å². The Bertz CT molecular complexity index is 433. The number of anilines is 1. The lowest BCUT2D eigenvalue weighted by molar-refractivity contribution is -0.384. The molecule has 19 heavy (non-hydrogen) atoms. The average Bonchev–Trinajstić information content (AvgIpc) is 2.27. The molecule has 1 N–H and O–H groups in total. The second-order valence-electron chi connectivity index (χ2n) is 5.23. The van der Waals surface area contributed by atoms with Gasteiger partial charge in [0, 0.05) is 25.7 Å². The van der Waals surface area contributed by atoms with Crippen molar-refractivity contribution >= 4 is 11.4 Å². The Morgan fingerprint density at radius 1 is 1.42 bits per heavy atom. The molecule has 106 valence electrons. The molecule has 5 heteroatoms. The molecule has 1 aromatic rings. The van der Waals surface area contributed by atoms with Crippen LogP contribution in [0.2, 0.25) is 0 Å². The van der Waals surface area contributed by atoms with Crippen molar-refractivity contribution in [2.75, 3.05) is 25.5 Å². The van der Waals surface area contributed by atoms with E-state index >= 15 is 0 Å². The lowest BCUT2D eigenvalue weighted by Gasteiger charge is -2.19. The summed E-state index contributed by atoms with van der Waals surface area (Å²) < 4.78 is 0. The van der Waals surface area contributed by atoms with Crippen molar-refractivity contribution in [3.63, 3.8) is 0 Å². The van der Waals surface area contributed by atoms with Gasteiger partial charge < -0.3 is 10.2 Å². The third-order valence-electron chi connectivity index (χ3n) is 2.75. The Kier molecular flexibility index (Phi) is 5.76. The Balaban J connectivity index is 2.86. The molecule has 0 saturated heterocycles. The molecule has 0 aliphatic rings. The summed E-state index contributed by atoms with van der Waals surface area (Å²) in [7, 11) is 2.06. The minimum absolute atomic E-state index is 0.136. The van der Waals surface area contributed by atoms with Crippen molar-refractivity contribution in [1.29, 1.82) is 0 Å². The second-order valence-corrected chi connectivity index (χ2v) is 5.23. The van der Waals surface area contributed by atoms with Gasteiger partial charge in [-0.25, -0.2) is 0 Å². The van der Waals surface area contributed by atoms with Crippen molar-refractivity contribution < 1.29 is 4.92 Å². The number of hydrogen-bond donors (Lipinski definition) is 1. The number of rotatable bonds is 7. The van der Waals surface area contributed by atoms with E-state index in [1.165, 1.54) is 0 Å². The third kappa shape index (κ3) is 4.87. The van der Waals surface area contributed by atoms with Crippen LogP contribution in [0.5, 0.6) is 0 Å². The van der Waals surface area contributed by atoms with Crippen LogP contribution in [0, 0.1) is 16.0 Å². The topological polar surface area (TPSA) is 58.4 Å². The van der Waals surface area contributed by atoms with E-state index in [0.29, 0.717) is 18.2 Å². The maximum Gasteiger partial charge on any atom is 0.292 e. The number of benzene rings is 1. The zero-order valence-electron chi connectivity index (χ0n) is 12.1. The van der Waals surface area contributed by atoms with E-state index in [9.17, 15) is 10.1 Å². The van der Waals surface area contributed by atoms with E-state index in [4.69, 9.17) is 0 Å². The molecule has 0 aliphatic heterocycles. The summed E-state index contributed by atoms with van der Waals surface area (Å²) in [6.45, 7) is 8.77. The van der Waals surface area contributed by atoms with Crippen LogP contribution in [0.3, 0.4) is 0 Å². The molecule has 1 aromatic carbocycles. The van der Waals surface area contributed by atoms with E-state index in [1.807, 2.05) is 19.1 Å². The highest BCUT2D eigenvalue weighted by Gasteiger charge is 2.14. The number of nitro groups is 1. The van der Waals surface area contributed by atoms with Crippen LogP contribution in [-0.2, 0) is 6.54 Å². The third-order valence-corrected chi connectivity index (χ3v) is 2.75. The average molecular weight is 265 g/mol. The molecule has 0 aromatic heterocycles. The molecule has 0 saturated carbocycles. The van der Waals surface area contributed by atoms with E-state index in [1.54, 1.807) is 6.07 Å². The van der Waals surface area contributed by atoms with Crippen LogP contribution >= 0.6 is 0 Å². The largest absolute Gasteiger partial charge is 0.380 e. The smallest absolute Gasteiger partial charge is 0.292 e. The Labute approximate surface area is 114 Å². The predicted octanol–water partition coefficient (Wildman–Crippen LogP) is 3.11. The van der Waals surface area contributed by atoms with E-state index in [2.05, 4.69) is 31.1 Å². The van der Waals surface area contributed by atoms with Crippen LogP contribution in [0.4, 0.5) is 11.4 Å². The maximum atomic E-state index is 10.9. The lowest BCUT2D eigenvalue weighted by atomic mass is 10.1. The van der Waals surface area contributed by atoms with Gasteiger partial charge in [-0.2, -0.15) is 0 Å². The molecular weight excluding hydrogens is 242 g/mol. The first-order chi connectivity index (χ1) is 8.93. The Morgan fingerprint density at radius 3 is 2.63 bits per heavy atom. The molecule has 0 spiro atoms. The maximum absolute atomic E-state index is 10.9. The van der Waals surface area contributed by atoms with E-state index < -0.39 is 0 Å². The molecule has 0 atom stereocenters. The van der Waals surface area contributed by atoms with Crippen LogP contribution in [-0.4, -0.2) is 30.0 Å². The standard InChI is InChI=1S/C14H23N3O2/c1-5-15-13-8-12(6-7-14(13)17(18)19)10-16(4)9-11(2)3/h6-8,11,15H,5,9-10H2,1-4H3. The zero-order chi connectivity index (χ0) is 14.4. The predicted molar refractivity (Wildman–Crippen MR) is 78.4 cm³/mol. The van der Waals surface area contributed by atoms with Crippen molar-refractivity contribution in [2.45, 2.75) is 27.3 Å². The van der Waals surface area contributed by atoms with Gasteiger partial charge in [0.05, 0.1) is 4.92 Å². The van der Waals surface area contributed by atoms with Crippen molar-refractivity contribution in [3.8, 4) is 0 Å². The summed E-state index contributed by atoms with van der Waals surface area (Å²) in [5.41, 5.74) is 1.82. The molecule has 5 nitrogen and oxygen atoms in total. The molecule has 0 fully saturated rings. The van der Waals surface area contributed by atoms with Crippen LogP contribution in [0.1, 0.15) is 26.3 Å². The SMILES string of the molecule is CCNc1cc(CN(C)CC(C)C)ccc1[N+](=O)[O-]. The highest BCUT2D eigenvalue weighted by atomic mass is 16.6. The van der Waals surface area contributed by atoms with Gasteiger partial charge in [0.1, 0.15) is 5.69 Å². The second kappa shape index (κ2) is 7.09. The number of nitrogens with one attached hydrogen (secondary N) is 1. The van der Waals surface area contributed by atoms with Crippen molar-refractivity contribution in [1.82, 2.24) is 4.90 Å². The van der Waals surface area contributed by atoms with Gasteiger partial charge in [0.25, 0.3) is 5.69 Å². The fourth-order valence-electron chi connectivity index (χ4n) is 2.17. The van der Waals surface area contributed by atoms with Gasteiger partial charge in [0.2, 0.25) is 0 Å². The minimum Gasteiger partial charge on any atom is -0.380 e.